The van der Waals surface area contributed by atoms with Crippen molar-refractivity contribution in [2.75, 3.05) is 7.05 Å². The minimum absolute atomic E-state index is 0.0158. The van der Waals surface area contributed by atoms with Gasteiger partial charge in [-0.3, -0.25) is 9.59 Å². The second kappa shape index (κ2) is 3.47. The van der Waals surface area contributed by atoms with E-state index in [1.54, 1.807) is 11.9 Å². The molecule has 2 fully saturated rings. The van der Waals surface area contributed by atoms with Gasteiger partial charge in [0.15, 0.2) is 0 Å². The molecule has 4 nitrogen and oxygen atoms in total. The van der Waals surface area contributed by atoms with Crippen LogP contribution < -0.4 is 0 Å². The SMILES string of the molecule is CN(C(=O)C1C(C(=O)O)C1(C)C)C1CCC1. The number of carbonyl (C=O) groups excluding carboxylic acids is 1. The summed E-state index contributed by atoms with van der Waals surface area (Å²) in [4.78, 5) is 24.9. The molecule has 0 aromatic carbocycles. The predicted molar refractivity (Wildman–Crippen MR) is 58.8 cm³/mol. The number of nitrogens with zero attached hydrogens (tertiary/aromatic N) is 1. The Kier molecular flexibility index (Phi) is 2.48. The summed E-state index contributed by atoms with van der Waals surface area (Å²) < 4.78 is 0. The molecule has 1 N–H and O–H groups in total. The van der Waals surface area contributed by atoms with Crippen molar-refractivity contribution in [1.82, 2.24) is 4.90 Å². The molecule has 0 aromatic rings. The lowest BCUT2D eigenvalue weighted by atomic mass is 9.91. The zero-order valence-electron chi connectivity index (χ0n) is 10.1. The fraction of sp³-hybridized carbons (Fsp3) is 0.833. The molecule has 2 unspecified atom stereocenters. The van der Waals surface area contributed by atoms with E-state index in [0.717, 1.165) is 12.8 Å². The van der Waals surface area contributed by atoms with Gasteiger partial charge in [0.25, 0.3) is 0 Å². The highest BCUT2D eigenvalue weighted by Crippen LogP contribution is 2.59. The van der Waals surface area contributed by atoms with E-state index in [0.29, 0.717) is 6.04 Å². The first-order valence-corrected chi connectivity index (χ1v) is 5.87. The maximum atomic E-state index is 12.1. The monoisotopic (exact) mass is 225 g/mol. The average Bonchev–Trinajstić information content (AvgIpc) is 2.64. The number of hydrogen-bond acceptors (Lipinski definition) is 2. The first kappa shape index (κ1) is 11.4. The van der Waals surface area contributed by atoms with Gasteiger partial charge < -0.3 is 10.0 Å². The summed E-state index contributed by atoms with van der Waals surface area (Å²) in [5, 5.41) is 9.03. The van der Waals surface area contributed by atoms with Crippen molar-refractivity contribution < 1.29 is 14.7 Å². The standard InChI is InChI=1S/C12H19NO3/c1-12(2)8(9(12)11(15)16)10(14)13(3)7-5-4-6-7/h7-9H,4-6H2,1-3H3,(H,15,16). The van der Waals surface area contributed by atoms with Crippen molar-refractivity contribution in [2.45, 2.75) is 39.2 Å². The fourth-order valence-electron chi connectivity index (χ4n) is 2.73. The van der Waals surface area contributed by atoms with Crippen molar-refractivity contribution in [3.8, 4) is 0 Å². The quantitative estimate of drug-likeness (QED) is 0.788. The summed E-state index contributed by atoms with van der Waals surface area (Å²) in [6.07, 6.45) is 3.30. The highest BCUT2D eigenvalue weighted by atomic mass is 16.4. The van der Waals surface area contributed by atoms with Gasteiger partial charge in [-0.25, -0.2) is 0 Å². The lowest BCUT2D eigenvalue weighted by Gasteiger charge is -2.35. The number of carboxylic acid groups (broad SMARTS) is 1. The van der Waals surface area contributed by atoms with Gasteiger partial charge in [0.2, 0.25) is 5.91 Å². The van der Waals surface area contributed by atoms with Gasteiger partial charge in [-0.1, -0.05) is 13.8 Å². The van der Waals surface area contributed by atoms with Crippen LogP contribution in [-0.4, -0.2) is 35.0 Å². The van der Waals surface area contributed by atoms with Crippen LogP contribution in [0.15, 0.2) is 0 Å². The van der Waals surface area contributed by atoms with E-state index in [1.807, 2.05) is 13.8 Å². The molecule has 0 spiro atoms. The normalized spacial score (nSPS) is 31.7. The molecule has 0 radical (unpaired) electrons. The molecule has 0 saturated heterocycles. The van der Waals surface area contributed by atoms with Crippen LogP contribution in [0.3, 0.4) is 0 Å². The highest BCUT2D eigenvalue weighted by molar-refractivity contribution is 5.91. The first-order chi connectivity index (χ1) is 7.37. The summed E-state index contributed by atoms with van der Waals surface area (Å²) in [6.45, 7) is 3.73. The summed E-state index contributed by atoms with van der Waals surface area (Å²) in [5.41, 5.74) is -0.374. The molecular formula is C12H19NO3. The smallest absolute Gasteiger partial charge is 0.307 e. The minimum atomic E-state index is -0.842. The van der Waals surface area contributed by atoms with Crippen LogP contribution in [-0.2, 0) is 9.59 Å². The molecule has 2 aliphatic carbocycles. The Labute approximate surface area is 95.6 Å². The molecule has 16 heavy (non-hydrogen) atoms. The Bertz CT molecular complexity index is 333. The molecule has 0 heterocycles. The lowest BCUT2D eigenvalue weighted by molar-refractivity contribution is -0.142. The van der Waals surface area contributed by atoms with Crippen LogP contribution in [0, 0.1) is 17.3 Å². The number of aliphatic carboxylic acids is 1. The Morgan fingerprint density at radius 1 is 1.25 bits per heavy atom. The highest BCUT2D eigenvalue weighted by Gasteiger charge is 2.66. The zero-order chi connectivity index (χ0) is 12.1. The number of amides is 1. The molecular weight excluding hydrogens is 206 g/mol. The van der Waals surface area contributed by atoms with Crippen LogP contribution in [0.1, 0.15) is 33.1 Å². The van der Waals surface area contributed by atoms with E-state index in [1.165, 1.54) is 6.42 Å². The summed E-state index contributed by atoms with van der Waals surface area (Å²) in [5.74, 6) is -1.65. The van der Waals surface area contributed by atoms with Crippen molar-refractivity contribution in [2.24, 2.45) is 17.3 Å². The molecule has 1 amide bonds. The molecule has 2 saturated carbocycles. The summed E-state index contributed by atoms with van der Waals surface area (Å²) in [6, 6.07) is 0.346. The van der Waals surface area contributed by atoms with Gasteiger partial charge in [0.1, 0.15) is 0 Å². The maximum Gasteiger partial charge on any atom is 0.307 e. The Hall–Kier alpha value is -1.06. The van der Waals surface area contributed by atoms with Crippen molar-refractivity contribution in [3.63, 3.8) is 0 Å². The fourth-order valence-corrected chi connectivity index (χ4v) is 2.73. The average molecular weight is 225 g/mol. The molecule has 0 bridgehead atoms. The number of rotatable bonds is 3. The zero-order valence-corrected chi connectivity index (χ0v) is 10.1. The van der Waals surface area contributed by atoms with Gasteiger partial charge >= 0.3 is 5.97 Å². The molecule has 2 aliphatic rings. The maximum absolute atomic E-state index is 12.1. The third-order valence-electron chi connectivity index (χ3n) is 4.33. The van der Waals surface area contributed by atoms with Crippen LogP contribution in [0.25, 0.3) is 0 Å². The molecule has 0 aromatic heterocycles. The van der Waals surface area contributed by atoms with Gasteiger partial charge in [-0.2, -0.15) is 0 Å². The van der Waals surface area contributed by atoms with E-state index in [9.17, 15) is 9.59 Å². The van der Waals surface area contributed by atoms with Crippen molar-refractivity contribution in [3.05, 3.63) is 0 Å². The van der Waals surface area contributed by atoms with Gasteiger partial charge in [0, 0.05) is 13.1 Å². The molecule has 90 valence electrons. The molecule has 2 atom stereocenters. The molecule has 4 heteroatoms. The second-order valence-corrected chi connectivity index (χ2v) is 5.65. The molecule has 2 rings (SSSR count). The number of carbonyl (C=O) groups is 2. The van der Waals surface area contributed by atoms with E-state index >= 15 is 0 Å². The van der Waals surface area contributed by atoms with E-state index in [-0.39, 0.29) is 17.2 Å². The summed E-state index contributed by atoms with van der Waals surface area (Å²) in [7, 11) is 1.81. The summed E-state index contributed by atoms with van der Waals surface area (Å²) >= 11 is 0. The molecule has 0 aliphatic heterocycles. The number of carboxylic acids is 1. The van der Waals surface area contributed by atoms with E-state index in [4.69, 9.17) is 5.11 Å². The van der Waals surface area contributed by atoms with Crippen molar-refractivity contribution >= 4 is 11.9 Å². The number of hydrogen-bond donors (Lipinski definition) is 1. The topological polar surface area (TPSA) is 57.6 Å². The second-order valence-electron chi connectivity index (χ2n) is 5.65. The van der Waals surface area contributed by atoms with E-state index < -0.39 is 11.9 Å². The van der Waals surface area contributed by atoms with Gasteiger partial charge in [-0.15, -0.1) is 0 Å². The van der Waals surface area contributed by atoms with Gasteiger partial charge in [0.05, 0.1) is 11.8 Å². The van der Waals surface area contributed by atoms with E-state index in [2.05, 4.69) is 0 Å². The predicted octanol–water partition coefficient (Wildman–Crippen LogP) is 1.35. The lowest BCUT2D eigenvalue weighted by Crippen LogP contribution is -2.42. The largest absolute Gasteiger partial charge is 0.481 e. The first-order valence-electron chi connectivity index (χ1n) is 5.87. The minimum Gasteiger partial charge on any atom is -0.481 e. The van der Waals surface area contributed by atoms with Crippen LogP contribution in [0.5, 0.6) is 0 Å². The Morgan fingerprint density at radius 3 is 2.12 bits per heavy atom. The van der Waals surface area contributed by atoms with Crippen LogP contribution >= 0.6 is 0 Å². The third kappa shape index (κ3) is 1.51. The van der Waals surface area contributed by atoms with Crippen LogP contribution in [0.4, 0.5) is 0 Å². The Morgan fingerprint density at radius 2 is 1.81 bits per heavy atom. The van der Waals surface area contributed by atoms with Crippen molar-refractivity contribution in [1.29, 1.82) is 0 Å². The van der Waals surface area contributed by atoms with Crippen LogP contribution in [0.2, 0.25) is 0 Å². The van der Waals surface area contributed by atoms with Gasteiger partial charge in [-0.05, 0) is 24.7 Å². The third-order valence-corrected chi connectivity index (χ3v) is 4.33. The Balaban J connectivity index is 2.03.